The molecule has 29 heavy (non-hydrogen) atoms. The molecule has 7 heteroatoms. The average molecular weight is 414 g/mol. The molecule has 3 aromatic rings. The largest absolute Gasteiger partial charge is 0.459 e. The van der Waals surface area contributed by atoms with Crippen LogP contribution in [0.25, 0.3) is 0 Å². The van der Waals surface area contributed by atoms with Gasteiger partial charge in [0.1, 0.15) is 5.82 Å². The highest BCUT2D eigenvalue weighted by atomic mass is 32.1. The predicted molar refractivity (Wildman–Crippen MR) is 113 cm³/mol. The number of hydrogen-bond donors (Lipinski definition) is 1. The molecule has 5 nitrogen and oxygen atoms in total. The summed E-state index contributed by atoms with van der Waals surface area (Å²) in [6.07, 6.45) is 1.50. The summed E-state index contributed by atoms with van der Waals surface area (Å²) in [5.74, 6) is -0.0879. The molecule has 1 fully saturated rings. The zero-order valence-electron chi connectivity index (χ0n) is 16.3. The lowest BCUT2D eigenvalue weighted by molar-refractivity contribution is 0.0863. The van der Waals surface area contributed by atoms with E-state index in [1.807, 2.05) is 25.1 Å². The van der Waals surface area contributed by atoms with Crippen LogP contribution in [-0.4, -0.2) is 43.0 Å². The Kier molecular flexibility index (Phi) is 5.97. The van der Waals surface area contributed by atoms with Gasteiger partial charge in [-0.25, -0.2) is 4.39 Å². The topological polar surface area (TPSA) is 48.7 Å². The lowest BCUT2D eigenvalue weighted by Crippen LogP contribution is -2.52. The van der Waals surface area contributed by atoms with Crippen LogP contribution in [-0.2, 0) is 0 Å². The van der Waals surface area contributed by atoms with Gasteiger partial charge in [-0.15, -0.1) is 11.3 Å². The van der Waals surface area contributed by atoms with Crippen molar-refractivity contribution in [3.05, 3.63) is 76.6 Å². The third-order valence-electron chi connectivity index (χ3n) is 5.31. The molecular weight excluding hydrogens is 389 g/mol. The van der Waals surface area contributed by atoms with E-state index >= 15 is 0 Å². The second-order valence-electron chi connectivity index (χ2n) is 7.17. The molecular formula is C22H24FN3O2S. The second-order valence-corrected chi connectivity index (χ2v) is 8.15. The zero-order chi connectivity index (χ0) is 20.2. The Morgan fingerprint density at radius 2 is 1.90 bits per heavy atom. The number of furan rings is 1. The molecule has 1 aliphatic heterocycles. The molecule has 0 bridgehead atoms. The summed E-state index contributed by atoms with van der Waals surface area (Å²) in [5.41, 5.74) is 0.652. The lowest BCUT2D eigenvalue weighted by atomic mass is 10.0. The van der Waals surface area contributed by atoms with Crippen LogP contribution in [0.15, 0.2) is 64.6 Å². The van der Waals surface area contributed by atoms with Crippen molar-refractivity contribution in [1.29, 1.82) is 0 Å². The second kappa shape index (κ2) is 8.80. The van der Waals surface area contributed by atoms with Crippen LogP contribution < -0.4 is 10.2 Å². The van der Waals surface area contributed by atoms with Gasteiger partial charge in [0.05, 0.1) is 18.0 Å². The van der Waals surface area contributed by atoms with E-state index in [0.717, 1.165) is 26.2 Å². The maximum atomic E-state index is 14.1. The molecule has 0 saturated carbocycles. The molecule has 1 saturated heterocycles. The van der Waals surface area contributed by atoms with Crippen molar-refractivity contribution in [3.8, 4) is 0 Å². The van der Waals surface area contributed by atoms with Gasteiger partial charge in [0, 0.05) is 37.1 Å². The molecule has 2 atom stereocenters. The number of carbonyl (C=O) groups is 1. The van der Waals surface area contributed by atoms with E-state index < -0.39 is 0 Å². The van der Waals surface area contributed by atoms with Crippen LogP contribution in [0, 0.1) is 5.82 Å². The number of benzene rings is 1. The van der Waals surface area contributed by atoms with E-state index in [-0.39, 0.29) is 23.8 Å². The number of rotatable bonds is 6. The van der Waals surface area contributed by atoms with Crippen LogP contribution in [0.3, 0.4) is 0 Å². The number of hydrogen-bond acceptors (Lipinski definition) is 5. The van der Waals surface area contributed by atoms with Crippen LogP contribution >= 0.6 is 11.3 Å². The number of nitrogens with one attached hydrogen (secondary N) is 1. The Hall–Kier alpha value is -2.64. The van der Waals surface area contributed by atoms with E-state index in [2.05, 4.69) is 26.6 Å². The van der Waals surface area contributed by atoms with Gasteiger partial charge in [-0.05, 0) is 42.6 Å². The van der Waals surface area contributed by atoms with Gasteiger partial charge in [-0.1, -0.05) is 18.2 Å². The first kappa shape index (κ1) is 19.7. The summed E-state index contributed by atoms with van der Waals surface area (Å²) < 4.78 is 19.4. The van der Waals surface area contributed by atoms with Crippen molar-refractivity contribution < 1.29 is 13.6 Å². The predicted octanol–water partition coefficient (Wildman–Crippen LogP) is 4.16. The van der Waals surface area contributed by atoms with Gasteiger partial charge in [0.15, 0.2) is 5.76 Å². The number of halogens is 1. The van der Waals surface area contributed by atoms with Gasteiger partial charge < -0.3 is 14.6 Å². The quantitative estimate of drug-likeness (QED) is 0.659. The lowest BCUT2D eigenvalue weighted by Gasteiger charge is -2.42. The minimum Gasteiger partial charge on any atom is -0.459 e. The van der Waals surface area contributed by atoms with Gasteiger partial charge in [0.2, 0.25) is 0 Å². The van der Waals surface area contributed by atoms with E-state index in [9.17, 15) is 9.18 Å². The number of amides is 1. The Morgan fingerprint density at radius 1 is 1.10 bits per heavy atom. The summed E-state index contributed by atoms with van der Waals surface area (Å²) in [5, 5.41) is 5.13. The first-order valence-electron chi connectivity index (χ1n) is 9.75. The molecule has 2 aromatic heterocycles. The number of nitrogens with zero attached hydrogens (tertiary/aromatic N) is 2. The molecule has 1 N–H and O–H groups in total. The molecule has 1 aliphatic rings. The summed E-state index contributed by atoms with van der Waals surface area (Å²) >= 11 is 1.69. The van der Waals surface area contributed by atoms with Crippen LogP contribution in [0.5, 0.6) is 0 Å². The van der Waals surface area contributed by atoms with E-state index in [4.69, 9.17) is 4.42 Å². The van der Waals surface area contributed by atoms with Crippen molar-refractivity contribution in [2.24, 2.45) is 0 Å². The standard InChI is InChI=1S/C22H24FN3O2S/c1-16(24-22(27)19-8-4-14-28-19)21(20-9-5-15-29-20)26-12-10-25(11-13-26)18-7-3-2-6-17(18)23/h2-9,14-16,21H,10-13H2,1H3,(H,24,27)/t16-,21-/m1/s1. The third-order valence-corrected chi connectivity index (χ3v) is 6.26. The molecule has 3 heterocycles. The molecule has 1 amide bonds. The van der Waals surface area contributed by atoms with Crippen molar-refractivity contribution in [3.63, 3.8) is 0 Å². The van der Waals surface area contributed by atoms with Gasteiger partial charge in [-0.3, -0.25) is 9.69 Å². The van der Waals surface area contributed by atoms with Crippen molar-refractivity contribution >= 4 is 22.9 Å². The minimum absolute atomic E-state index is 0.0525. The molecule has 0 unspecified atom stereocenters. The maximum absolute atomic E-state index is 14.1. The number of carbonyl (C=O) groups excluding carboxylic acids is 1. The van der Waals surface area contributed by atoms with Crippen molar-refractivity contribution in [2.45, 2.75) is 19.0 Å². The van der Waals surface area contributed by atoms with Gasteiger partial charge in [-0.2, -0.15) is 0 Å². The molecule has 0 spiro atoms. The van der Waals surface area contributed by atoms with E-state index in [0.29, 0.717) is 11.4 Å². The fourth-order valence-corrected chi connectivity index (χ4v) is 4.88. The number of thiophene rings is 1. The molecule has 0 aliphatic carbocycles. The minimum atomic E-state index is -0.214. The first-order chi connectivity index (χ1) is 14.1. The molecule has 1 aromatic carbocycles. The highest BCUT2D eigenvalue weighted by molar-refractivity contribution is 7.10. The zero-order valence-corrected chi connectivity index (χ0v) is 17.1. The summed E-state index contributed by atoms with van der Waals surface area (Å²) in [7, 11) is 0. The number of anilines is 1. The molecule has 152 valence electrons. The average Bonchev–Trinajstić information content (AvgIpc) is 3.44. The maximum Gasteiger partial charge on any atom is 0.287 e. The van der Waals surface area contributed by atoms with Crippen molar-refractivity contribution in [1.82, 2.24) is 10.2 Å². The fraction of sp³-hybridized carbons (Fsp3) is 0.318. The van der Waals surface area contributed by atoms with Crippen LogP contribution in [0.2, 0.25) is 0 Å². The highest BCUT2D eigenvalue weighted by Gasteiger charge is 2.31. The van der Waals surface area contributed by atoms with E-state index in [1.54, 1.807) is 29.5 Å². The summed E-state index contributed by atoms with van der Waals surface area (Å²) in [6, 6.07) is 14.4. The van der Waals surface area contributed by atoms with Crippen LogP contribution in [0.4, 0.5) is 10.1 Å². The fourth-order valence-electron chi connectivity index (χ4n) is 3.92. The normalized spacial score (nSPS) is 17.1. The number of para-hydroxylation sites is 1. The SMILES string of the molecule is C[C@@H](NC(=O)c1ccco1)[C@H](c1cccs1)N1CCN(c2ccccc2F)CC1. The molecule has 0 radical (unpaired) electrons. The Labute approximate surface area is 173 Å². The third kappa shape index (κ3) is 4.36. The Balaban J connectivity index is 1.47. The number of piperazine rings is 1. The van der Waals surface area contributed by atoms with E-state index in [1.165, 1.54) is 17.2 Å². The Morgan fingerprint density at radius 3 is 2.55 bits per heavy atom. The smallest absolute Gasteiger partial charge is 0.287 e. The first-order valence-corrected chi connectivity index (χ1v) is 10.6. The van der Waals surface area contributed by atoms with Gasteiger partial charge >= 0.3 is 0 Å². The summed E-state index contributed by atoms with van der Waals surface area (Å²) in [4.78, 5) is 18.1. The van der Waals surface area contributed by atoms with Gasteiger partial charge in [0.25, 0.3) is 5.91 Å². The monoisotopic (exact) mass is 413 g/mol. The highest BCUT2D eigenvalue weighted by Crippen LogP contribution is 2.30. The molecule has 4 rings (SSSR count). The van der Waals surface area contributed by atoms with Crippen LogP contribution in [0.1, 0.15) is 28.4 Å². The van der Waals surface area contributed by atoms with Crippen molar-refractivity contribution in [2.75, 3.05) is 31.1 Å². The Bertz CT molecular complexity index is 921. The summed E-state index contributed by atoms with van der Waals surface area (Å²) in [6.45, 7) is 5.08.